The molecule has 0 aromatic heterocycles. The van der Waals surface area contributed by atoms with Gasteiger partial charge in [-0.1, -0.05) is 290 Å². The Morgan fingerprint density at radius 2 is 0.481 bits per heavy atom. The topological polar surface area (TPSA) is 78.9 Å². The second-order valence-corrected chi connectivity index (χ2v) is 22.3. The lowest BCUT2D eigenvalue weighted by Crippen LogP contribution is -2.30. The molecule has 1 atom stereocenters. The van der Waals surface area contributed by atoms with E-state index in [1.807, 2.05) is 0 Å². The molecular weight excluding hydrogens is 997 g/mol. The molecule has 0 saturated heterocycles. The van der Waals surface area contributed by atoms with Crippen LogP contribution < -0.4 is 0 Å². The van der Waals surface area contributed by atoms with Crippen molar-refractivity contribution in [1.29, 1.82) is 0 Å². The summed E-state index contributed by atoms with van der Waals surface area (Å²) in [5.41, 5.74) is 0. The zero-order chi connectivity index (χ0) is 58.5. The average molecular weight is 1120 g/mol. The molecule has 0 aliphatic carbocycles. The summed E-state index contributed by atoms with van der Waals surface area (Å²) in [4.78, 5) is 38.3. The van der Waals surface area contributed by atoms with Crippen LogP contribution in [0.15, 0.2) is 122 Å². The van der Waals surface area contributed by atoms with Crippen molar-refractivity contribution < 1.29 is 28.6 Å². The van der Waals surface area contributed by atoms with Crippen LogP contribution in [0.3, 0.4) is 0 Å². The molecule has 81 heavy (non-hydrogen) atoms. The van der Waals surface area contributed by atoms with Crippen molar-refractivity contribution in [3.63, 3.8) is 0 Å². The number of unbranched alkanes of at least 4 members (excludes halogenated alkanes) is 30. The quantitative estimate of drug-likeness (QED) is 0.0261. The second-order valence-electron chi connectivity index (χ2n) is 22.3. The van der Waals surface area contributed by atoms with E-state index in [4.69, 9.17) is 14.2 Å². The number of allylic oxidation sites excluding steroid dienone is 20. The molecule has 0 saturated carbocycles. The van der Waals surface area contributed by atoms with Gasteiger partial charge in [0.1, 0.15) is 13.2 Å². The van der Waals surface area contributed by atoms with Crippen LogP contribution in [0.1, 0.15) is 316 Å². The Kier molecular flexibility index (Phi) is 64.8. The van der Waals surface area contributed by atoms with E-state index in [0.717, 1.165) is 135 Å². The van der Waals surface area contributed by atoms with Crippen LogP contribution in [-0.4, -0.2) is 37.2 Å². The van der Waals surface area contributed by atoms with Gasteiger partial charge in [0.25, 0.3) is 0 Å². The van der Waals surface area contributed by atoms with Crippen molar-refractivity contribution in [2.75, 3.05) is 13.2 Å². The molecule has 6 nitrogen and oxygen atoms in total. The van der Waals surface area contributed by atoms with Crippen LogP contribution in [-0.2, 0) is 28.6 Å². The van der Waals surface area contributed by atoms with Crippen LogP contribution in [0.5, 0.6) is 0 Å². The van der Waals surface area contributed by atoms with Gasteiger partial charge >= 0.3 is 17.9 Å². The van der Waals surface area contributed by atoms with Crippen LogP contribution in [0.4, 0.5) is 0 Å². The average Bonchev–Trinajstić information content (AvgIpc) is 3.46. The zero-order valence-electron chi connectivity index (χ0n) is 53.0. The minimum absolute atomic E-state index is 0.0943. The molecule has 0 aliphatic rings. The Labute approximate surface area is 501 Å². The highest BCUT2D eigenvalue weighted by molar-refractivity contribution is 5.71. The summed E-state index contributed by atoms with van der Waals surface area (Å²) in [5.74, 6) is -0.932. The van der Waals surface area contributed by atoms with E-state index in [9.17, 15) is 14.4 Å². The predicted octanol–water partition coefficient (Wildman–Crippen LogP) is 23.6. The Morgan fingerprint density at radius 1 is 0.259 bits per heavy atom. The largest absolute Gasteiger partial charge is 0.462 e. The fourth-order valence-corrected chi connectivity index (χ4v) is 9.40. The molecule has 462 valence electrons. The summed E-state index contributed by atoms with van der Waals surface area (Å²) in [6.45, 7) is 6.38. The SMILES string of the molecule is CC/C=C\C/C=C\C/C=C\C/C=C\CCCCCCCCC(=O)OC(COC(=O)CCCCC/C=C\C/C=C\C/C=C\CC)COC(=O)CCCCCCCCCCCCCCCCCC/C=C\C/C=C\C/C=C\CCCCCCC. The molecule has 0 N–H and O–H groups in total. The third-order valence-corrected chi connectivity index (χ3v) is 14.4. The van der Waals surface area contributed by atoms with Gasteiger partial charge in [-0.05, 0) is 128 Å². The predicted molar refractivity (Wildman–Crippen MR) is 353 cm³/mol. The first-order valence-corrected chi connectivity index (χ1v) is 34.0. The third kappa shape index (κ3) is 66.5. The normalized spacial score (nSPS) is 12.9. The molecule has 6 heteroatoms. The molecule has 0 amide bonds. The van der Waals surface area contributed by atoms with E-state index >= 15 is 0 Å². The van der Waals surface area contributed by atoms with Crippen molar-refractivity contribution in [3.05, 3.63) is 122 Å². The van der Waals surface area contributed by atoms with Crippen LogP contribution >= 0.6 is 0 Å². The lowest BCUT2D eigenvalue weighted by molar-refractivity contribution is -0.167. The highest BCUT2D eigenvalue weighted by Crippen LogP contribution is 2.16. The highest BCUT2D eigenvalue weighted by Gasteiger charge is 2.19. The summed E-state index contributed by atoms with van der Waals surface area (Å²) >= 11 is 0. The lowest BCUT2D eigenvalue weighted by atomic mass is 10.0. The van der Waals surface area contributed by atoms with Gasteiger partial charge in [0.05, 0.1) is 0 Å². The summed E-state index contributed by atoms with van der Waals surface area (Å²) in [6, 6.07) is 0. The smallest absolute Gasteiger partial charge is 0.306 e. The standard InChI is InChI=1S/C75H126O6/c1-4-7-10-13-16-19-22-25-27-29-31-32-33-34-35-36-37-38-39-40-41-42-44-45-47-50-53-56-59-62-65-68-74(77)80-71-72(70-79-73(76)67-64-61-58-55-52-49-24-21-18-15-12-9-6-3)81-75(78)69-66-63-60-57-54-51-48-46-43-30-28-26-23-20-17-14-11-8-5-2/h8-9,11-12,17-18,20-22,25-26,28-29,31,33-34,43,46,49,52,72H,4-7,10,13-16,19,23-24,27,30,32,35-42,44-45,47-48,50-51,53-71H2,1-3H3/b11-8-,12-9-,20-17-,21-18-,25-22-,28-26-,31-29-,34-33-,46-43-,52-49-. The van der Waals surface area contributed by atoms with Gasteiger partial charge in [-0.25, -0.2) is 0 Å². The zero-order valence-corrected chi connectivity index (χ0v) is 53.0. The molecule has 0 rings (SSSR count). The maximum Gasteiger partial charge on any atom is 0.306 e. The summed E-state index contributed by atoms with van der Waals surface area (Å²) in [6.07, 6.45) is 95.1. The third-order valence-electron chi connectivity index (χ3n) is 14.4. The fourth-order valence-electron chi connectivity index (χ4n) is 9.40. The Balaban J connectivity index is 4.26. The summed E-state index contributed by atoms with van der Waals surface area (Å²) in [7, 11) is 0. The molecule has 0 aromatic carbocycles. The van der Waals surface area contributed by atoms with Crippen LogP contribution in [0.2, 0.25) is 0 Å². The Hall–Kier alpha value is -4.19. The van der Waals surface area contributed by atoms with E-state index in [1.165, 1.54) is 141 Å². The van der Waals surface area contributed by atoms with Crippen molar-refractivity contribution in [3.8, 4) is 0 Å². The molecule has 0 fully saturated rings. The minimum Gasteiger partial charge on any atom is -0.462 e. The van der Waals surface area contributed by atoms with E-state index in [1.54, 1.807) is 0 Å². The first-order chi connectivity index (χ1) is 40.0. The Bertz CT molecular complexity index is 1670. The molecule has 0 aliphatic heterocycles. The lowest BCUT2D eigenvalue weighted by Gasteiger charge is -2.18. The summed E-state index contributed by atoms with van der Waals surface area (Å²) < 4.78 is 16.9. The van der Waals surface area contributed by atoms with Crippen LogP contribution in [0, 0.1) is 0 Å². The number of carbonyl (C=O) groups excluding carboxylic acids is 3. The first kappa shape index (κ1) is 76.8. The van der Waals surface area contributed by atoms with Gasteiger partial charge in [0.2, 0.25) is 0 Å². The van der Waals surface area contributed by atoms with Crippen molar-refractivity contribution >= 4 is 17.9 Å². The molecule has 0 aromatic rings. The molecule has 0 bridgehead atoms. The van der Waals surface area contributed by atoms with Crippen LogP contribution in [0.25, 0.3) is 0 Å². The maximum absolute atomic E-state index is 12.9. The molecular formula is C75H126O6. The molecule has 0 spiro atoms. The van der Waals surface area contributed by atoms with E-state index in [-0.39, 0.29) is 31.1 Å². The van der Waals surface area contributed by atoms with Gasteiger partial charge in [-0.2, -0.15) is 0 Å². The van der Waals surface area contributed by atoms with Crippen molar-refractivity contribution in [2.24, 2.45) is 0 Å². The number of rotatable bonds is 61. The molecule has 0 radical (unpaired) electrons. The van der Waals surface area contributed by atoms with Crippen molar-refractivity contribution in [1.82, 2.24) is 0 Å². The number of esters is 3. The number of carbonyl (C=O) groups is 3. The maximum atomic E-state index is 12.9. The molecule has 0 heterocycles. The van der Waals surface area contributed by atoms with Crippen molar-refractivity contribution in [2.45, 2.75) is 322 Å². The highest BCUT2D eigenvalue weighted by atomic mass is 16.6. The summed E-state index contributed by atoms with van der Waals surface area (Å²) in [5, 5.41) is 0. The second kappa shape index (κ2) is 68.3. The van der Waals surface area contributed by atoms with Gasteiger partial charge in [-0.15, -0.1) is 0 Å². The number of hydrogen-bond donors (Lipinski definition) is 0. The van der Waals surface area contributed by atoms with E-state index in [2.05, 4.69) is 142 Å². The van der Waals surface area contributed by atoms with E-state index in [0.29, 0.717) is 19.3 Å². The fraction of sp³-hybridized carbons (Fsp3) is 0.693. The first-order valence-electron chi connectivity index (χ1n) is 34.0. The number of hydrogen-bond acceptors (Lipinski definition) is 6. The van der Waals surface area contributed by atoms with Gasteiger partial charge in [-0.3, -0.25) is 14.4 Å². The Morgan fingerprint density at radius 3 is 0.765 bits per heavy atom. The molecule has 1 unspecified atom stereocenters. The van der Waals surface area contributed by atoms with Gasteiger partial charge in [0.15, 0.2) is 6.10 Å². The van der Waals surface area contributed by atoms with Gasteiger partial charge in [0, 0.05) is 19.3 Å². The van der Waals surface area contributed by atoms with Gasteiger partial charge < -0.3 is 14.2 Å². The van der Waals surface area contributed by atoms with E-state index < -0.39 is 6.10 Å². The number of ether oxygens (including phenoxy) is 3. The minimum atomic E-state index is -0.802. The monoisotopic (exact) mass is 1120 g/mol.